The molecule has 0 aliphatic carbocycles. The fraction of sp³-hybridized carbons (Fsp3) is 0.222. The van der Waals surface area contributed by atoms with Crippen molar-refractivity contribution >= 4 is 29.2 Å². The van der Waals surface area contributed by atoms with E-state index in [-0.39, 0.29) is 10.6 Å². The predicted molar refractivity (Wildman–Crippen MR) is 57.6 cm³/mol. The van der Waals surface area contributed by atoms with Gasteiger partial charge < -0.3 is 15.6 Å². The summed E-state index contributed by atoms with van der Waals surface area (Å²) in [5.74, 6) is -0.878. The zero-order chi connectivity index (χ0) is 11.6. The molecule has 3 N–H and O–H groups in total. The predicted octanol–water partition coefficient (Wildman–Crippen LogP) is 2.09. The molecule has 1 aromatic carbocycles. The van der Waals surface area contributed by atoms with Gasteiger partial charge in [-0.1, -0.05) is 23.2 Å². The molecule has 0 saturated heterocycles. The molecular formula is C9H9Cl2NO3. The minimum atomic E-state index is -1.22. The fourth-order valence-electron chi connectivity index (χ4n) is 1.09. The number of ether oxygens (including phenoxy) is 1. The van der Waals surface area contributed by atoms with E-state index in [9.17, 15) is 4.79 Å². The smallest absolute Gasteiger partial charge is 0.325 e. The maximum absolute atomic E-state index is 10.7. The minimum Gasteiger partial charge on any atom is -0.495 e. The van der Waals surface area contributed by atoms with Crippen LogP contribution >= 0.6 is 23.2 Å². The van der Waals surface area contributed by atoms with Crippen LogP contribution < -0.4 is 10.5 Å². The van der Waals surface area contributed by atoms with Crippen molar-refractivity contribution < 1.29 is 14.6 Å². The molecule has 15 heavy (non-hydrogen) atoms. The number of carboxylic acid groups (broad SMARTS) is 1. The molecule has 0 radical (unpaired) electrons. The summed E-state index contributed by atoms with van der Waals surface area (Å²) >= 11 is 11.7. The molecule has 4 nitrogen and oxygen atoms in total. The Hall–Kier alpha value is -0.970. The van der Waals surface area contributed by atoms with E-state index >= 15 is 0 Å². The van der Waals surface area contributed by atoms with Crippen molar-refractivity contribution in [3.8, 4) is 5.75 Å². The Kier molecular flexibility index (Phi) is 3.79. The third-order valence-electron chi connectivity index (χ3n) is 1.85. The first kappa shape index (κ1) is 12.1. The van der Waals surface area contributed by atoms with Crippen LogP contribution in [0.3, 0.4) is 0 Å². The highest BCUT2D eigenvalue weighted by Gasteiger charge is 2.20. The highest BCUT2D eigenvalue weighted by Crippen LogP contribution is 2.34. The van der Waals surface area contributed by atoms with E-state index in [0.717, 1.165) is 0 Å². The number of carbonyl (C=O) groups is 1. The monoisotopic (exact) mass is 249 g/mol. The Bertz CT molecular complexity index is 395. The van der Waals surface area contributed by atoms with Crippen molar-refractivity contribution in [2.75, 3.05) is 7.11 Å². The summed E-state index contributed by atoms with van der Waals surface area (Å²) in [5, 5.41) is 9.23. The highest BCUT2D eigenvalue weighted by molar-refractivity contribution is 6.35. The van der Waals surface area contributed by atoms with Crippen molar-refractivity contribution in [2.24, 2.45) is 5.73 Å². The number of nitrogens with two attached hydrogens (primary N) is 1. The molecule has 0 saturated carbocycles. The van der Waals surface area contributed by atoms with Crippen molar-refractivity contribution in [1.29, 1.82) is 0 Å². The van der Waals surface area contributed by atoms with Crippen molar-refractivity contribution in [2.45, 2.75) is 6.04 Å². The third kappa shape index (κ3) is 2.53. The minimum absolute atomic E-state index is 0.164. The van der Waals surface area contributed by atoms with Gasteiger partial charge in [-0.05, 0) is 6.07 Å². The van der Waals surface area contributed by atoms with E-state index < -0.39 is 12.0 Å². The van der Waals surface area contributed by atoms with Crippen LogP contribution in [0, 0.1) is 0 Å². The molecule has 1 unspecified atom stereocenters. The van der Waals surface area contributed by atoms with Crippen LogP contribution in [0.5, 0.6) is 5.75 Å². The van der Waals surface area contributed by atoms with Gasteiger partial charge in [0, 0.05) is 16.7 Å². The number of carboxylic acids is 1. The molecular weight excluding hydrogens is 241 g/mol. The van der Waals surface area contributed by atoms with Crippen molar-refractivity contribution in [3.05, 3.63) is 27.7 Å². The first-order valence-electron chi connectivity index (χ1n) is 3.98. The van der Waals surface area contributed by atoms with Crippen LogP contribution in [0.25, 0.3) is 0 Å². The van der Waals surface area contributed by atoms with Crippen molar-refractivity contribution in [1.82, 2.24) is 0 Å². The number of benzene rings is 1. The average molecular weight is 250 g/mol. The quantitative estimate of drug-likeness (QED) is 0.861. The Morgan fingerprint density at radius 2 is 2.13 bits per heavy atom. The first-order valence-corrected chi connectivity index (χ1v) is 4.74. The Morgan fingerprint density at radius 1 is 1.53 bits per heavy atom. The second-order valence-corrected chi connectivity index (χ2v) is 3.64. The molecule has 0 fully saturated rings. The lowest BCUT2D eigenvalue weighted by atomic mass is 10.1. The standard InChI is InChI=1S/C9H9Cl2NO3/c1-15-6-3-4(10)2-5(7(6)11)8(12)9(13)14/h2-3,8H,12H2,1H3,(H,13,14). The second kappa shape index (κ2) is 4.70. The van der Waals surface area contributed by atoms with Crippen LogP contribution in [0.2, 0.25) is 10.0 Å². The fourth-order valence-corrected chi connectivity index (χ4v) is 1.61. The lowest BCUT2D eigenvalue weighted by Crippen LogP contribution is -2.21. The maximum Gasteiger partial charge on any atom is 0.325 e. The van der Waals surface area contributed by atoms with E-state index in [1.807, 2.05) is 0 Å². The topological polar surface area (TPSA) is 72.5 Å². The number of rotatable bonds is 3. The molecule has 0 aliphatic rings. The van der Waals surface area contributed by atoms with Gasteiger partial charge in [0.15, 0.2) is 0 Å². The molecule has 0 aliphatic heterocycles. The number of halogens is 2. The number of hydrogen-bond donors (Lipinski definition) is 2. The van der Waals surface area contributed by atoms with Gasteiger partial charge in [-0.2, -0.15) is 0 Å². The zero-order valence-corrected chi connectivity index (χ0v) is 9.34. The summed E-state index contributed by atoms with van der Waals surface area (Å²) in [4.78, 5) is 10.7. The van der Waals surface area contributed by atoms with E-state index in [1.54, 1.807) is 0 Å². The number of methoxy groups -OCH3 is 1. The second-order valence-electron chi connectivity index (χ2n) is 2.83. The zero-order valence-electron chi connectivity index (χ0n) is 7.83. The van der Waals surface area contributed by atoms with Crippen LogP contribution in [-0.2, 0) is 4.79 Å². The molecule has 0 bridgehead atoms. The molecule has 1 aromatic rings. The van der Waals surface area contributed by atoms with Crippen LogP contribution in [0.15, 0.2) is 12.1 Å². The van der Waals surface area contributed by atoms with Gasteiger partial charge in [0.25, 0.3) is 0 Å². The Balaban J connectivity index is 3.28. The van der Waals surface area contributed by atoms with E-state index in [0.29, 0.717) is 10.8 Å². The maximum atomic E-state index is 10.7. The molecule has 1 atom stereocenters. The number of hydrogen-bond acceptors (Lipinski definition) is 3. The molecule has 0 amide bonds. The molecule has 0 heterocycles. The third-order valence-corrected chi connectivity index (χ3v) is 2.48. The molecule has 6 heteroatoms. The van der Waals surface area contributed by atoms with Gasteiger partial charge in [-0.15, -0.1) is 0 Å². The van der Waals surface area contributed by atoms with E-state index in [4.69, 9.17) is 38.8 Å². The summed E-state index contributed by atoms with van der Waals surface area (Å²) in [6.07, 6.45) is 0. The van der Waals surface area contributed by atoms with Gasteiger partial charge in [-0.3, -0.25) is 4.79 Å². The summed E-state index contributed by atoms with van der Waals surface area (Å²) in [5.41, 5.74) is 5.66. The van der Waals surface area contributed by atoms with Crippen LogP contribution in [0.4, 0.5) is 0 Å². The molecule has 82 valence electrons. The Labute approximate surface area is 96.5 Å². The normalized spacial score (nSPS) is 12.3. The molecule has 0 aromatic heterocycles. The number of aliphatic carboxylic acids is 1. The molecule has 1 rings (SSSR count). The van der Waals surface area contributed by atoms with Crippen LogP contribution in [0.1, 0.15) is 11.6 Å². The van der Waals surface area contributed by atoms with Gasteiger partial charge in [0.1, 0.15) is 11.8 Å². The first-order chi connectivity index (χ1) is 6.97. The summed E-state index contributed by atoms with van der Waals surface area (Å²) in [6.45, 7) is 0. The molecule has 0 spiro atoms. The average Bonchev–Trinajstić information content (AvgIpc) is 2.19. The van der Waals surface area contributed by atoms with Gasteiger partial charge in [0.05, 0.1) is 12.1 Å². The van der Waals surface area contributed by atoms with Gasteiger partial charge in [0.2, 0.25) is 0 Å². The van der Waals surface area contributed by atoms with Crippen molar-refractivity contribution in [3.63, 3.8) is 0 Å². The van der Waals surface area contributed by atoms with Gasteiger partial charge >= 0.3 is 5.97 Å². The summed E-state index contributed by atoms with van der Waals surface area (Å²) in [6, 6.07) is 1.68. The highest BCUT2D eigenvalue weighted by atomic mass is 35.5. The van der Waals surface area contributed by atoms with Gasteiger partial charge in [-0.25, -0.2) is 0 Å². The largest absolute Gasteiger partial charge is 0.495 e. The Morgan fingerprint density at radius 3 is 2.60 bits per heavy atom. The van der Waals surface area contributed by atoms with E-state index in [2.05, 4.69) is 0 Å². The summed E-state index contributed by atoms with van der Waals surface area (Å²) < 4.78 is 4.93. The summed E-state index contributed by atoms with van der Waals surface area (Å²) in [7, 11) is 1.41. The SMILES string of the molecule is COc1cc(Cl)cc(C(N)C(=O)O)c1Cl. The lowest BCUT2D eigenvalue weighted by molar-refractivity contribution is -0.138. The van der Waals surface area contributed by atoms with E-state index in [1.165, 1.54) is 19.2 Å². The van der Waals surface area contributed by atoms with Crippen LogP contribution in [-0.4, -0.2) is 18.2 Å². The lowest BCUT2D eigenvalue weighted by Gasteiger charge is -2.12.